The summed E-state index contributed by atoms with van der Waals surface area (Å²) < 4.78 is 68.2. The zero-order chi connectivity index (χ0) is 65.4. The summed E-state index contributed by atoms with van der Waals surface area (Å²) in [6.07, 6.45) is 40.6. The van der Waals surface area contributed by atoms with Gasteiger partial charge in [-0.1, -0.05) is 287 Å². The van der Waals surface area contributed by atoms with Gasteiger partial charge in [0.05, 0.1) is 26.4 Å². The zero-order valence-corrected chi connectivity index (χ0v) is 59.1. The number of rotatable bonds is 66. The van der Waals surface area contributed by atoms with Crippen LogP contribution in [0.15, 0.2) is 0 Å². The smallest absolute Gasteiger partial charge is 0.462 e. The van der Waals surface area contributed by atoms with Crippen molar-refractivity contribution in [3.63, 3.8) is 0 Å². The van der Waals surface area contributed by atoms with Crippen molar-refractivity contribution in [1.29, 1.82) is 0 Å². The van der Waals surface area contributed by atoms with Crippen LogP contribution in [0.4, 0.5) is 0 Å². The predicted molar refractivity (Wildman–Crippen MR) is 354 cm³/mol. The van der Waals surface area contributed by atoms with Gasteiger partial charge in [-0.15, -0.1) is 0 Å². The molecule has 88 heavy (non-hydrogen) atoms. The van der Waals surface area contributed by atoms with E-state index in [0.717, 1.165) is 108 Å². The predicted octanol–water partition coefficient (Wildman–Crippen LogP) is 19.3. The Kier molecular flexibility index (Phi) is 57.6. The van der Waals surface area contributed by atoms with Gasteiger partial charge in [0.2, 0.25) is 0 Å². The second-order valence-corrected chi connectivity index (χ2v) is 29.7. The molecule has 0 aliphatic rings. The molecule has 522 valence electrons. The Morgan fingerprint density at radius 1 is 0.284 bits per heavy atom. The van der Waals surface area contributed by atoms with Crippen molar-refractivity contribution >= 4 is 39.5 Å². The molecule has 0 rings (SSSR count). The van der Waals surface area contributed by atoms with E-state index in [1.807, 2.05) is 0 Å². The minimum absolute atomic E-state index is 0.101. The van der Waals surface area contributed by atoms with Crippen molar-refractivity contribution in [3.05, 3.63) is 0 Å². The van der Waals surface area contributed by atoms with Gasteiger partial charge < -0.3 is 33.8 Å². The number of phosphoric ester groups is 2. The number of esters is 4. The Hall–Kier alpha value is -1.94. The molecule has 0 radical (unpaired) electrons. The summed E-state index contributed by atoms with van der Waals surface area (Å²) in [4.78, 5) is 72.4. The van der Waals surface area contributed by atoms with Crippen LogP contribution in [0.5, 0.6) is 0 Å². The molecule has 3 unspecified atom stereocenters. The largest absolute Gasteiger partial charge is 0.472 e. The topological polar surface area (TPSA) is 237 Å². The fourth-order valence-electron chi connectivity index (χ4n) is 10.3. The van der Waals surface area contributed by atoms with Crippen molar-refractivity contribution in [2.45, 2.75) is 356 Å². The molecule has 0 amide bonds. The first-order chi connectivity index (χ1) is 42.1. The van der Waals surface area contributed by atoms with Crippen molar-refractivity contribution in [3.8, 4) is 0 Å². The van der Waals surface area contributed by atoms with Gasteiger partial charge in [-0.05, 0) is 49.4 Å². The Morgan fingerprint density at radius 2 is 0.477 bits per heavy atom. The zero-order valence-electron chi connectivity index (χ0n) is 57.3. The second-order valence-electron chi connectivity index (χ2n) is 26.8. The van der Waals surface area contributed by atoms with Crippen LogP contribution in [-0.2, 0) is 65.4 Å². The van der Waals surface area contributed by atoms with Crippen LogP contribution in [0, 0.1) is 23.7 Å². The molecule has 0 bridgehead atoms. The molecular weight excluding hydrogens is 1160 g/mol. The molecule has 0 heterocycles. The lowest BCUT2D eigenvalue weighted by atomic mass is 10.0. The molecular formula is C69H134O17P2. The lowest BCUT2D eigenvalue weighted by molar-refractivity contribution is -0.161. The van der Waals surface area contributed by atoms with Crippen LogP contribution in [0.25, 0.3) is 0 Å². The highest BCUT2D eigenvalue weighted by Crippen LogP contribution is 2.45. The van der Waals surface area contributed by atoms with Gasteiger partial charge in [0.15, 0.2) is 12.2 Å². The number of ether oxygens (including phenoxy) is 4. The highest BCUT2D eigenvalue weighted by Gasteiger charge is 2.30. The van der Waals surface area contributed by atoms with E-state index in [0.29, 0.717) is 37.5 Å². The van der Waals surface area contributed by atoms with Gasteiger partial charge in [-0.2, -0.15) is 0 Å². The summed E-state index contributed by atoms with van der Waals surface area (Å²) in [7, 11) is -9.90. The van der Waals surface area contributed by atoms with Crippen LogP contribution in [0.3, 0.4) is 0 Å². The number of phosphoric acid groups is 2. The molecule has 0 spiro atoms. The third-order valence-electron chi connectivity index (χ3n) is 15.8. The number of hydrogen-bond acceptors (Lipinski definition) is 15. The van der Waals surface area contributed by atoms with E-state index < -0.39 is 97.5 Å². The first-order valence-corrected chi connectivity index (χ1v) is 38.7. The number of carbonyl (C=O) groups excluding carboxylic acids is 4. The van der Waals surface area contributed by atoms with Crippen LogP contribution < -0.4 is 0 Å². The Labute approximate surface area is 537 Å². The molecule has 3 N–H and O–H groups in total. The highest BCUT2D eigenvalue weighted by atomic mass is 31.2. The lowest BCUT2D eigenvalue weighted by Crippen LogP contribution is -2.30. The molecule has 0 aliphatic carbocycles. The van der Waals surface area contributed by atoms with E-state index in [2.05, 4.69) is 55.4 Å². The minimum atomic E-state index is -4.95. The number of hydrogen-bond donors (Lipinski definition) is 3. The molecule has 0 saturated carbocycles. The standard InChI is InChI=1S/C69H134O17P2/c1-59(2)45-37-29-21-16-12-10-9-11-13-19-25-35-43-51-68(73)85-64(55-80-67(72)50-42-34-26-20-23-31-39-47-61(5)6)57-83-87(75,76)81-53-63(70)54-82-88(77,78)84-58-65(86-69(74)52-44-36-28-27-32-40-48-62(7)8)56-79-66(71)49-41-33-24-18-15-14-17-22-30-38-46-60(3)4/h59-65,70H,9-58H2,1-8H3,(H,75,76)(H,77,78)/t63?,64-,65-/m1/s1. The van der Waals surface area contributed by atoms with E-state index in [1.165, 1.54) is 135 Å². The van der Waals surface area contributed by atoms with Crippen LogP contribution in [0.1, 0.15) is 338 Å². The molecule has 0 fully saturated rings. The van der Waals surface area contributed by atoms with Gasteiger partial charge in [0, 0.05) is 25.7 Å². The van der Waals surface area contributed by atoms with Gasteiger partial charge >= 0.3 is 39.5 Å². The van der Waals surface area contributed by atoms with Gasteiger partial charge in [0.1, 0.15) is 19.3 Å². The van der Waals surface area contributed by atoms with Crippen molar-refractivity contribution in [2.24, 2.45) is 23.7 Å². The lowest BCUT2D eigenvalue weighted by Gasteiger charge is -2.21. The maximum Gasteiger partial charge on any atom is 0.472 e. The van der Waals surface area contributed by atoms with Crippen molar-refractivity contribution in [2.75, 3.05) is 39.6 Å². The molecule has 0 aromatic carbocycles. The van der Waals surface area contributed by atoms with Crippen molar-refractivity contribution in [1.82, 2.24) is 0 Å². The monoisotopic (exact) mass is 1300 g/mol. The summed E-state index contributed by atoms with van der Waals surface area (Å²) in [6.45, 7) is 14.0. The molecule has 0 saturated heterocycles. The van der Waals surface area contributed by atoms with Crippen LogP contribution >= 0.6 is 15.6 Å². The molecule has 19 heteroatoms. The van der Waals surface area contributed by atoms with Crippen LogP contribution in [-0.4, -0.2) is 96.7 Å². The molecule has 17 nitrogen and oxygen atoms in total. The number of aliphatic hydroxyl groups excluding tert-OH is 1. The summed E-state index contributed by atoms with van der Waals surface area (Å²) in [6, 6.07) is 0. The quantitative estimate of drug-likeness (QED) is 0.0222. The van der Waals surface area contributed by atoms with Gasteiger partial charge in [-0.3, -0.25) is 37.3 Å². The maximum absolute atomic E-state index is 13.0. The SMILES string of the molecule is CC(C)CCCCCCCCCCCCCCCC(=O)O[C@H](COC(=O)CCCCCCCCCC(C)C)COP(=O)(O)OCC(O)COP(=O)(O)OC[C@@H](COC(=O)CCCCCCCCCCCCC(C)C)OC(=O)CCCCCCCCC(C)C. The first-order valence-electron chi connectivity index (χ1n) is 35.7. The molecule has 0 aromatic heterocycles. The molecule has 0 aliphatic heterocycles. The third-order valence-corrected chi connectivity index (χ3v) is 17.7. The number of unbranched alkanes of at least 4 members (excludes halogenated alkanes) is 32. The Balaban J connectivity index is 5.22. The average molecular weight is 1300 g/mol. The molecule has 5 atom stereocenters. The number of aliphatic hydroxyl groups is 1. The van der Waals surface area contributed by atoms with E-state index in [9.17, 15) is 43.2 Å². The second kappa shape index (κ2) is 58.8. The Morgan fingerprint density at radius 3 is 0.705 bits per heavy atom. The highest BCUT2D eigenvalue weighted by molar-refractivity contribution is 7.47. The van der Waals surface area contributed by atoms with Gasteiger partial charge in [-0.25, -0.2) is 9.13 Å². The summed E-state index contributed by atoms with van der Waals surface area (Å²) in [5.41, 5.74) is 0. The fourth-order valence-corrected chi connectivity index (χ4v) is 11.9. The van der Waals surface area contributed by atoms with Gasteiger partial charge in [0.25, 0.3) is 0 Å². The summed E-state index contributed by atoms with van der Waals surface area (Å²) >= 11 is 0. The summed E-state index contributed by atoms with van der Waals surface area (Å²) in [5.74, 6) is 0.784. The summed E-state index contributed by atoms with van der Waals surface area (Å²) in [5, 5.41) is 10.6. The molecule has 0 aromatic rings. The Bertz CT molecular complexity index is 1750. The van der Waals surface area contributed by atoms with E-state index >= 15 is 0 Å². The average Bonchev–Trinajstić information content (AvgIpc) is 3.67. The van der Waals surface area contributed by atoms with E-state index in [1.54, 1.807) is 0 Å². The van der Waals surface area contributed by atoms with E-state index in [4.69, 9.17) is 37.0 Å². The third kappa shape index (κ3) is 62.8. The van der Waals surface area contributed by atoms with E-state index in [-0.39, 0.29) is 25.7 Å². The first kappa shape index (κ1) is 86.1. The number of carbonyl (C=O) groups is 4. The fraction of sp³-hybridized carbons (Fsp3) is 0.942. The minimum Gasteiger partial charge on any atom is -0.462 e. The normalized spacial score (nSPS) is 14.3. The van der Waals surface area contributed by atoms with Crippen molar-refractivity contribution < 1.29 is 80.2 Å². The van der Waals surface area contributed by atoms with Crippen LogP contribution in [0.2, 0.25) is 0 Å². The maximum atomic E-state index is 13.0.